The van der Waals surface area contributed by atoms with Gasteiger partial charge in [0.2, 0.25) is 0 Å². The van der Waals surface area contributed by atoms with E-state index in [2.05, 4.69) is 141 Å². The largest absolute Gasteiger partial charge is 0.458 e. The van der Waals surface area contributed by atoms with Crippen LogP contribution in [0.15, 0.2) is 109 Å². The molecule has 4 heteroatoms. The molecule has 0 spiro atoms. The maximum Gasteiger partial charge on any atom is 0.260 e. The summed E-state index contributed by atoms with van der Waals surface area (Å²) in [5, 5.41) is 2.56. The van der Waals surface area contributed by atoms with Crippen molar-refractivity contribution in [3.05, 3.63) is 131 Å². The van der Waals surface area contributed by atoms with Crippen LogP contribution in [0.25, 0.3) is 38.6 Å². The van der Waals surface area contributed by atoms with Crippen LogP contribution < -0.4 is 25.9 Å². The van der Waals surface area contributed by atoms with Crippen molar-refractivity contribution in [3.8, 4) is 39.8 Å². The van der Waals surface area contributed by atoms with Crippen LogP contribution in [0.2, 0.25) is 0 Å². The molecular formula is C40H30BNO2. The lowest BCUT2D eigenvalue weighted by Crippen LogP contribution is -2.57. The van der Waals surface area contributed by atoms with Crippen molar-refractivity contribution in [1.29, 1.82) is 0 Å². The van der Waals surface area contributed by atoms with Crippen LogP contribution in [0.3, 0.4) is 0 Å². The molecule has 0 radical (unpaired) electrons. The summed E-state index contributed by atoms with van der Waals surface area (Å²) in [6.45, 7) is 8.67. The van der Waals surface area contributed by atoms with Crippen LogP contribution in [0.1, 0.15) is 22.3 Å². The second-order valence-corrected chi connectivity index (χ2v) is 12.5. The number of aryl methyl sites for hydroxylation is 4. The van der Waals surface area contributed by atoms with Crippen molar-refractivity contribution in [2.45, 2.75) is 27.7 Å². The lowest BCUT2D eigenvalue weighted by molar-refractivity contribution is 0.465. The van der Waals surface area contributed by atoms with Crippen LogP contribution in [0, 0.1) is 27.7 Å². The second-order valence-electron chi connectivity index (χ2n) is 12.5. The molecular weight excluding hydrogens is 537 g/mol. The Labute approximate surface area is 257 Å². The fourth-order valence-corrected chi connectivity index (χ4v) is 7.26. The van der Waals surface area contributed by atoms with E-state index < -0.39 is 0 Å². The predicted molar refractivity (Wildman–Crippen MR) is 183 cm³/mol. The molecule has 0 fully saturated rings. The van der Waals surface area contributed by atoms with Crippen molar-refractivity contribution < 1.29 is 9.47 Å². The van der Waals surface area contributed by atoms with Crippen molar-refractivity contribution in [1.82, 2.24) is 4.57 Å². The van der Waals surface area contributed by atoms with Crippen LogP contribution in [-0.2, 0) is 0 Å². The van der Waals surface area contributed by atoms with E-state index in [1.165, 1.54) is 55.0 Å². The number of benzene rings is 6. The average Bonchev–Trinajstić information content (AvgIpc) is 3.33. The summed E-state index contributed by atoms with van der Waals surface area (Å²) in [7, 11) is 0. The zero-order valence-corrected chi connectivity index (χ0v) is 25.2. The van der Waals surface area contributed by atoms with Gasteiger partial charge in [-0.1, -0.05) is 70.8 Å². The van der Waals surface area contributed by atoms with Crippen molar-refractivity contribution in [2.24, 2.45) is 0 Å². The first-order valence-corrected chi connectivity index (χ1v) is 15.3. The Morgan fingerprint density at radius 3 is 1.57 bits per heavy atom. The summed E-state index contributed by atoms with van der Waals surface area (Å²) in [4.78, 5) is 0. The number of fused-ring (bicyclic) bond motifs is 7. The zero-order chi connectivity index (χ0) is 29.7. The van der Waals surface area contributed by atoms with Gasteiger partial charge in [0.05, 0.1) is 11.0 Å². The third-order valence-corrected chi connectivity index (χ3v) is 9.30. The minimum atomic E-state index is 0.0669. The first kappa shape index (κ1) is 25.3. The molecule has 0 saturated heterocycles. The summed E-state index contributed by atoms with van der Waals surface area (Å²) >= 11 is 0. The maximum atomic E-state index is 6.64. The van der Waals surface area contributed by atoms with Gasteiger partial charge >= 0.3 is 0 Å². The number of nitrogens with zero attached hydrogens (tertiary/aromatic N) is 1. The minimum Gasteiger partial charge on any atom is -0.458 e. The highest BCUT2D eigenvalue weighted by atomic mass is 16.5. The van der Waals surface area contributed by atoms with Gasteiger partial charge in [-0.15, -0.1) is 0 Å². The molecule has 0 N–H and O–H groups in total. The quantitative estimate of drug-likeness (QED) is 0.196. The van der Waals surface area contributed by atoms with Gasteiger partial charge in [-0.25, -0.2) is 0 Å². The average molecular weight is 567 g/mol. The van der Waals surface area contributed by atoms with E-state index in [0.717, 1.165) is 45.3 Å². The molecule has 0 aliphatic carbocycles. The van der Waals surface area contributed by atoms with Gasteiger partial charge in [0.25, 0.3) is 6.71 Å². The molecule has 210 valence electrons. The second kappa shape index (κ2) is 9.14. The van der Waals surface area contributed by atoms with E-state index in [4.69, 9.17) is 9.47 Å². The first-order valence-electron chi connectivity index (χ1n) is 15.3. The molecule has 0 bridgehead atoms. The topological polar surface area (TPSA) is 23.4 Å². The van der Waals surface area contributed by atoms with E-state index in [-0.39, 0.29) is 6.71 Å². The zero-order valence-electron chi connectivity index (χ0n) is 25.2. The van der Waals surface area contributed by atoms with Gasteiger partial charge in [0.15, 0.2) is 0 Å². The lowest BCUT2D eigenvalue weighted by Gasteiger charge is -2.33. The summed E-state index contributed by atoms with van der Waals surface area (Å²) in [6.07, 6.45) is 0. The highest BCUT2D eigenvalue weighted by Gasteiger charge is 2.40. The summed E-state index contributed by atoms with van der Waals surface area (Å²) in [6, 6.07) is 39.7. The molecule has 9 rings (SSSR count). The molecule has 6 aromatic carbocycles. The third-order valence-electron chi connectivity index (χ3n) is 9.30. The molecule has 0 amide bonds. The first-order chi connectivity index (χ1) is 21.4. The normalized spacial score (nSPS) is 12.9. The Hall–Kier alpha value is -5.22. The highest BCUT2D eigenvalue weighted by molar-refractivity contribution is 6.98. The minimum absolute atomic E-state index is 0.0669. The summed E-state index contributed by atoms with van der Waals surface area (Å²) < 4.78 is 15.7. The molecule has 3 heterocycles. The number of hydrogen-bond acceptors (Lipinski definition) is 2. The Balaban J connectivity index is 1.23. The molecule has 1 aromatic heterocycles. The van der Waals surface area contributed by atoms with Gasteiger partial charge in [-0.05, 0) is 110 Å². The number of hydrogen-bond donors (Lipinski definition) is 0. The predicted octanol–water partition coefficient (Wildman–Crippen LogP) is 8.41. The maximum absolute atomic E-state index is 6.64. The Bertz CT molecular complexity index is 2210. The molecule has 2 aliphatic rings. The van der Waals surface area contributed by atoms with Crippen LogP contribution in [-0.4, -0.2) is 11.3 Å². The molecule has 0 atom stereocenters. The Morgan fingerprint density at radius 1 is 0.477 bits per heavy atom. The Morgan fingerprint density at radius 2 is 1.00 bits per heavy atom. The van der Waals surface area contributed by atoms with E-state index in [9.17, 15) is 0 Å². The van der Waals surface area contributed by atoms with E-state index in [1.54, 1.807) is 0 Å². The van der Waals surface area contributed by atoms with Gasteiger partial charge in [0.1, 0.15) is 23.0 Å². The van der Waals surface area contributed by atoms with Crippen LogP contribution in [0.5, 0.6) is 23.0 Å². The lowest BCUT2D eigenvalue weighted by atomic mass is 9.34. The van der Waals surface area contributed by atoms with Crippen molar-refractivity contribution in [3.63, 3.8) is 0 Å². The van der Waals surface area contributed by atoms with E-state index in [1.807, 2.05) is 0 Å². The van der Waals surface area contributed by atoms with Crippen molar-refractivity contribution >= 4 is 44.9 Å². The molecule has 0 saturated carbocycles. The summed E-state index contributed by atoms with van der Waals surface area (Å²) in [5.74, 6) is 3.55. The van der Waals surface area contributed by atoms with Crippen LogP contribution >= 0.6 is 0 Å². The smallest absolute Gasteiger partial charge is 0.260 e. The summed E-state index contributed by atoms with van der Waals surface area (Å²) in [5.41, 5.74) is 14.2. The van der Waals surface area contributed by atoms with Gasteiger partial charge in [0, 0.05) is 21.9 Å². The molecule has 2 aliphatic heterocycles. The SMILES string of the molecule is Cc1ccc2c(c1)B1c3cc(C)ccc3Oc3cc(-c4cccc(-n5c6ccc(C)cc6c6cc(C)ccc65)c4)cc(c31)O2. The standard InChI is InChI=1S/C40H30BNO2/c1-23-8-12-34-30(16-23)31-17-24(2)9-13-35(31)42(34)29-7-5-6-27(20-29)28-21-38-40-39(22-28)44-37-15-11-26(4)19-33(37)41(40)32-18-25(3)10-14-36(32)43-38/h5-22H,1-4H3. The molecule has 3 nitrogen and oxygen atoms in total. The molecule has 44 heavy (non-hydrogen) atoms. The molecule has 0 unspecified atom stereocenters. The number of rotatable bonds is 2. The fourth-order valence-electron chi connectivity index (χ4n) is 7.26. The van der Waals surface area contributed by atoms with Gasteiger partial charge in [-0.2, -0.15) is 0 Å². The fraction of sp³-hybridized carbons (Fsp3) is 0.100. The molecule has 7 aromatic rings. The number of ether oxygens (including phenoxy) is 2. The van der Waals surface area contributed by atoms with Gasteiger partial charge < -0.3 is 14.0 Å². The van der Waals surface area contributed by atoms with Crippen molar-refractivity contribution in [2.75, 3.05) is 0 Å². The monoisotopic (exact) mass is 567 g/mol. The highest BCUT2D eigenvalue weighted by Crippen LogP contribution is 2.40. The van der Waals surface area contributed by atoms with E-state index in [0.29, 0.717) is 0 Å². The van der Waals surface area contributed by atoms with Crippen LogP contribution in [0.4, 0.5) is 0 Å². The van der Waals surface area contributed by atoms with Gasteiger partial charge in [-0.3, -0.25) is 0 Å². The number of aromatic nitrogens is 1. The van der Waals surface area contributed by atoms with E-state index >= 15 is 0 Å². The Kier molecular flexibility index (Phi) is 5.26. The third kappa shape index (κ3) is 3.70.